The van der Waals surface area contributed by atoms with E-state index in [1.54, 1.807) is 29.2 Å². The van der Waals surface area contributed by atoms with Crippen molar-refractivity contribution in [1.29, 1.82) is 0 Å². The number of nitrogens with zero attached hydrogens (tertiary/aromatic N) is 2. The molecule has 1 rings (SSSR count). The number of nitrogens with two attached hydrogens (primary N) is 1. The van der Waals surface area contributed by atoms with Crippen molar-refractivity contribution in [2.24, 2.45) is 0 Å². The first-order chi connectivity index (χ1) is 8.00. The highest BCUT2D eigenvalue weighted by atomic mass is 16.2. The van der Waals surface area contributed by atoms with Gasteiger partial charge < -0.3 is 15.5 Å². The standard InChI is InChI=1S/C13H21N3O/c1-15(2)8-5-9-16(3)13(17)11-6-4-7-12(14)10-11/h4,6-7,10H,5,8-9,14H2,1-3H3. The van der Waals surface area contributed by atoms with Gasteiger partial charge in [0.15, 0.2) is 0 Å². The maximum atomic E-state index is 12.0. The van der Waals surface area contributed by atoms with E-state index in [0.29, 0.717) is 11.3 Å². The van der Waals surface area contributed by atoms with E-state index in [1.165, 1.54) is 0 Å². The average molecular weight is 235 g/mol. The van der Waals surface area contributed by atoms with Gasteiger partial charge in [0.2, 0.25) is 0 Å². The van der Waals surface area contributed by atoms with Crippen LogP contribution in [0.5, 0.6) is 0 Å². The molecule has 0 saturated heterocycles. The van der Waals surface area contributed by atoms with Gasteiger partial charge in [-0.3, -0.25) is 4.79 Å². The van der Waals surface area contributed by atoms with Gasteiger partial charge in [0.1, 0.15) is 0 Å². The van der Waals surface area contributed by atoms with Crippen molar-refractivity contribution < 1.29 is 4.79 Å². The van der Waals surface area contributed by atoms with Crippen LogP contribution in [0.25, 0.3) is 0 Å². The molecule has 0 aliphatic heterocycles. The Morgan fingerprint density at radius 1 is 1.24 bits per heavy atom. The van der Waals surface area contributed by atoms with E-state index in [-0.39, 0.29) is 5.91 Å². The largest absolute Gasteiger partial charge is 0.399 e. The zero-order valence-electron chi connectivity index (χ0n) is 10.8. The van der Waals surface area contributed by atoms with Gasteiger partial charge in [-0.25, -0.2) is 0 Å². The van der Waals surface area contributed by atoms with Crippen molar-refractivity contribution in [3.63, 3.8) is 0 Å². The third-order valence-electron chi connectivity index (χ3n) is 2.58. The molecule has 0 aromatic heterocycles. The summed E-state index contributed by atoms with van der Waals surface area (Å²) in [5.41, 5.74) is 6.93. The molecule has 0 heterocycles. The lowest BCUT2D eigenvalue weighted by atomic mass is 10.2. The second kappa shape index (κ2) is 6.25. The maximum absolute atomic E-state index is 12.0. The topological polar surface area (TPSA) is 49.6 Å². The molecule has 0 radical (unpaired) electrons. The first-order valence-corrected chi connectivity index (χ1v) is 5.76. The Kier molecular flexibility index (Phi) is 4.97. The first kappa shape index (κ1) is 13.5. The van der Waals surface area contributed by atoms with Gasteiger partial charge in [0.25, 0.3) is 5.91 Å². The number of hydrogen-bond acceptors (Lipinski definition) is 3. The SMILES string of the molecule is CN(C)CCCN(C)C(=O)c1cccc(N)c1. The highest BCUT2D eigenvalue weighted by molar-refractivity contribution is 5.94. The molecule has 4 nitrogen and oxygen atoms in total. The molecule has 0 spiro atoms. The summed E-state index contributed by atoms with van der Waals surface area (Å²) in [5, 5.41) is 0. The predicted octanol–water partition coefficient (Wildman–Crippen LogP) is 1.29. The van der Waals surface area contributed by atoms with Crippen LogP contribution in [0.1, 0.15) is 16.8 Å². The highest BCUT2D eigenvalue weighted by Crippen LogP contribution is 2.09. The third kappa shape index (κ3) is 4.44. The number of benzene rings is 1. The van der Waals surface area contributed by atoms with E-state index >= 15 is 0 Å². The van der Waals surface area contributed by atoms with E-state index in [0.717, 1.165) is 19.5 Å². The first-order valence-electron chi connectivity index (χ1n) is 5.76. The fourth-order valence-electron chi connectivity index (χ4n) is 1.62. The van der Waals surface area contributed by atoms with Crippen LogP contribution >= 0.6 is 0 Å². The summed E-state index contributed by atoms with van der Waals surface area (Å²) in [4.78, 5) is 15.9. The molecule has 1 aromatic rings. The maximum Gasteiger partial charge on any atom is 0.253 e. The Morgan fingerprint density at radius 2 is 1.94 bits per heavy atom. The van der Waals surface area contributed by atoms with E-state index < -0.39 is 0 Å². The molecule has 17 heavy (non-hydrogen) atoms. The second-order valence-electron chi connectivity index (χ2n) is 4.51. The van der Waals surface area contributed by atoms with Crippen LogP contribution < -0.4 is 5.73 Å². The van der Waals surface area contributed by atoms with Gasteiger partial charge in [0.05, 0.1) is 0 Å². The minimum Gasteiger partial charge on any atom is -0.399 e. The average Bonchev–Trinajstić information content (AvgIpc) is 2.27. The molecule has 1 amide bonds. The number of hydrogen-bond donors (Lipinski definition) is 1. The number of carbonyl (C=O) groups excluding carboxylic acids is 1. The Bertz CT molecular complexity index is 377. The van der Waals surface area contributed by atoms with E-state index in [1.807, 2.05) is 21.1 Å². The van der Waals surface area contributed by atoms with Crippen LogP contribution in [0.15, 0.2) is 24.3 Å². The molecular formula is C13H21N3O. The molecule has 94 valence electrons. The molecule has 2 N–H and O–H groups in total. The van der Waals surface area contributed by atoms with Gasteiger partial charge in [-0.15, -0.1) is 0 Å². The van der Waals surface area contributed by atoms with Crippen molar-refractivity contribution in [2.45, 2.75) is 6.42 Å². The summed E-state index contributed by atoms with van der Waals surface area (Å²) in [6.07, 6.45) is 0.970. The van der Waals surface area contributed by atoms with Crippen molar-refractivity contribution in [1.82, 2.24) is 9.80 Å². The van der Waals surface area contributed by atoms with Crippen molar-refractivity contribution >= 4 is 11.6 Å². The Morgan fingerprint density at radius 3 is 2.53 bits per heavy atom. The molecule has 0 bridgehead atoms. The quantitative estimate of drug-likeness (QED) is 0.782. The number of nitrogen functional groups attached to an aromatic ring is 1. The summed E-state index contributed by atoms with van der Waals surface area (Å²) < 4.78 is 0. The molecular weight excluding hydrogens is 214 g/mol. The highest BCUT2D eigenvalue weighted by Gasteiger charge is 2.11. The van der Waals surface area contributed by atoms with E-state index in [9.17, 15) is 4.79 Å². The smallest absolute Gasteiger partial charge is 0.253 e. The molecule has 0 aliphatic rings. The van der Waals surface area contributed by atoms with Crippen molar-refractivity contribution in [2.75, 3.05) is 40.0 Å². The van der Waals surface area contributed by atoms with Gasteiger partial charge in [-0.05, 0) is 45.3 Å². The fourth-order valence-corrected chi connectivity index (χ4v) is 1.62. The minimum absolute atomic E-state index is 0.0241. The lowest BCUT2D eigenvalue weighted by molar-refractivity contribution is 0.0790. The number of amides is 1. The second-order valence-corrected chi connectivity index (χ2v) is 4.51. The van der Waals surface area contributed by atoms with E-state index in [4.69, 9.17) is 5.73 Å². The number of carbonyl (C=O) groups is 1. The minimum atomic E-state index is 0.0241. The van der Waals surface area contributed by atoms with Crippen LogP contribution in [0.3, 0.4) is 0 Å². The van der Waals surface area contributed by atoms with Gasteiger partial charge in [-0.1, -0.05) is 6.07 Å². The zero-order chi connectivity index (χ0) is 12.8. The zero-order valence-corrected chi connectivity index (χ0v) is 10.8. The number of rotatable bonds is 5. The summed E-state index contributed by atoms with van der Waals surface area (Å²) >= 11 is 0. The summed E-state index contributed by atoms with van der Waals surface area (Å²) in [6, 6.07) is 7.09. The van der Waals surface area contributed by atoms with Crippen LogP contribution in [0.4, 0.5) is 5.69 Å². The van der Waals surface area contributed by atoms with Gasteiger partial charge >= 0.3 is 0 Å². The normalized spacial score (nSPS) is 10.6. The van der Waals surface area contributed by atoms with Crippen LogP contribution in [-0.2, 0) is 0 Å². The monoisotopic (exact) mass is 235 g/mol. The number of anilines is 1. The van der Waals surface area contributed by atoms with Crippen molar-refractivity contribution in [3.8, 4) is 0 Å². The summed E-state index contributed by atoms with van der Waals surface area (Å²) in [7, 11) is 5.88. The van der Waals surface area contributed by atoms with E-state index in [2.05, 4.69) is 4.90 Å². The van der Waals surface area contributed by atoms with Crippen molar-refractivity contribution in [3.05, 3.63) is 29.8 Å². The molecule has 1 aromatic carbocycles. The summed E-state index contributed by atoms with van der Waals surface area (Å²) in [6.45, 7) is 1.74. The lowest BCUT2D eigenvalue weighted by Crippen LogP contribution is -2.29. The lowest BCUT2D eigenvalue weighted by Gasteiger charge is -2.18. The fraction of sp³-hybridized carbons (Fsp3) is 0.462. The Hall–Kier alpha value is -1.55. The third-order valence-corrected chi connectivity index (χ3v) is 2.58. The van der Waals surface area contributed by atoms with Crippen LogP contribution in [0, 0.1) is 0 Å². The molecule has 0 atom stereocenters. The van der Waals surface area contributed by atoms with Gasteiger partial charge in [-0.2, -0.15) is 0 Å². The molecule has 0 saturated carbocycles. The molecule has 0 fully saturated rings. The Labute approximate surface area is 103 Å². The molecule has 0 aliphatic carbocycles. The predicted molar refractivity (Wildman–Crippen MR) is 71.0 cm³/mol. The van der Waals surface area contributed by atoms with Crippen LogP contribution in [0.2, 0.25) is 0 Å². The Balaban J connectivity index is 2.52. The van der Waals surface area contributed by atoms with Gasteiger partial charge in [0, 0.05) is 24.8 Å². The summed E-state index contributed by atoms with van der Waals surface area (Å²) in [5.74, 6) is 0.0241. The molecule has 0 unspecified atom stereocenters. The van der Waals surface area contributed by atoms with Crippen LogP contribution in [-0.4, -0.2) is 49.9 Å². The molecule has 4 heteroatoms.